The lowest BCUT2D eigenvalue weighted by molar-refractivity contribution is 0.0535. The largest absolute Gasteiger partial charge is 0.457 e. The highest BCUT2D eigenvalue weighted by Crippen LogP contribution is 2.29. The number of fused-ring (bicyclic) bond motifs is 1. The summed E-state index contributed by atoms with van der Waals surface area (Å²) in [5.74, 6) is 0.272. The smallest absolute Gasteiger partial charge is 0.414 e. The van der Waals surface area contributed by atoms with Gasteiger partial charge in [-0.2, -0.15) is 5.10 Å². The fraction of sp³-hybridized carbons (Fsp3) is 0.304. The number of benzene rings is 1. The third-order valence-electron chi connectivity index (χ3n) is 5.91. The van der Waals surface area contributed by atoms with Crippen molar-refractivity contribution in [3.8, 4) is 5.82 Å². The van der Waals surface area contributed by atoms with Gasteiger partial charge in [0.15, 0.2) is 5.82 Å². The van der Waals surface area contributed by atoms with Crippen molar-refractivity contribution in [2.45, 2.75) is 26.2 Å². The third-order valence-corrected chi connectivity index (χ3v) is 5.91. The van der Waals surface area contributed by atoms with Crippen molar-refractivity contribution in [1.29, 1.82) is 0 Å². The molecule has 2 aliphatic rings. The van der Waals surface area contributed by atoms with Gasteiger partial charge in [0.25, 0.3) is 0 Å². The topological polar surface area (TPSA) is 119 Å². The van der Waals surface area contributed by atoms with E-state index in [1.54, 1.807) is 46.2 Å². The van der Waals surface area contributed by atoms with Crippen LogP contribution < -0.4 is 10.2 Å². The zero-order valence-corrected chi connectivity index (χ0v) is 18.0. The van der Waals surface area contributed by atoms with Gasteiger partial charge < -0.3 is 19.9 Å². The van der Waals surface area contributed by atoms with Crippen molar-refractivity contribution in [2.75, 3.05) is 24.6 Å². The standard InChI is InChI=1S/C23H23N5O5/c1-14-17(2-3-18-19(14)13-33-22(18)30)20(29)11-24-9-15-10-26-28(12-15)21-8-16(4-5-25-21)27-6-7-32-23(27)31/h2-5,8,10,12,20,24,29H,6-7,9,11,13H2,1H3/t20-/m0/s1. The van der Waals surface area contributed by atoms with E-state index in [0.717, 1.165) is 22.3 Å². The van der Waals surface area contributed by atoms with E-state index < -0.39 is 6.10 Å². The Morgan fingerprint density at radius 2 is 2.12 bits per heavy atom. The molecule has 2 N–H and O–H groups in total. The van der Waals surface area contributed by atoms with Gasteiger partial charge in [0.2, 0.25) is 0 Å². The van der Waals surface area contributed by atoms with Crippen LogP contribution in [-0.2, 0) is 22.6 Å². The second-order valence-corrected chi connectivity index (χ2v) is 7.96. The number of pyridine rings is 1. The van der Waals surface area contributed by atoms with Crippen LogP contribution in [0.1, 0.15) is 38.7 Å². The molecule has 3 aromatic rings. The van der Waals surface area contributed by atoms with Crippen molar-refractivity contribution in [2.24, 2.45) is 0 Å². The zero-order chi connectivity index (χ0) is 22.9. The molecule has 10 nitrogen and oxygen atoms in total. The molecule has 5 rings (SSSR count). The lowest BCUT2D eigenvalue weighted by Gasteiger charge is -2.16. The van der Waals surface area contributed by atoms with E-state index >= 15 is 0 Å². The number of carbonyl (C=O) groups is 2. The average molecular weight is 449 g/mol. The molecule has 1 aromatic carbocycles. The zero-order valence-electron chi connectivity index (χ0n) is 18.0. The van der Waals surface area contributed by atoms with E-state index in [1.807, 2.05) is 13.1 Å². The number of esters is 1. The van der Waals surface area contributed by atoms with E-state index in [9.17, 15) is 14.7 Å². The minimum Gasteiger partial charge on any atom is -0.457 e. The maximum absolute atomic E-state index is 11.8. The average Bonchev–Trinajstić information content (AvgIpc) is 3.55. The fourth-order valence-corrected chi connectivity index (χ4v) is 4.10. The molecule has 1 fully saturated rings. The van der Waals surface area contributed by atoms with Gasteiger partial charge in [-0.3, -0.25) is 4.90 Å². The highest BCUT2D eigenvalue weighted by atomic mass is 16.6. The summed E-state index contributed by atoms with van der Waals surface area (Å²) in [6.07, 6.45) is 4.11. The van der Waals surface area contributed by atoms with Gasteiger partial charge in [0.05, 0.1) is 30.1 Å². The summed E-state index contributed by atoms with van der Waals surface area (Å²) in [6, 6.07) is 7.03. The number of nitrogens with one attached hydrogen (secondary N) is 1. The highest BCUT2D eigenvalue weighted by Gasteiger charge is 2.26. The number of aromatic nitrogens is 3. The Morgan fingerprint density at radius 1 is 1.24 bits per heavy atom. The van der Waals surface area contributed by atoms with E-state index in [1.165, 1.54) is 0 Å². The van der Waals surface area contributed by atoms with Gasteiger partial charge in [-0.25, -0.2) is 19.3 Å². The quantitative estimate of drug-likeness (QED) is 0.526. The molecule has 1 amide bonds. The summed E-state index contributed by atoms with van der Waals surface area (Å²) in [4.78, 5) is 29.4. The molecule has 33 heavy (non-hydrogen) atoms. The summed E-state index contributed by atoms with van der Waals surface area (Å²) >= 11 is 0. The second-order valence-electron chi connectivity index (χ2n) is 7.96. The van der Waals surface area contributed by atoms with Crippen molar-refractivity contribution in [3.05, 3.63) is 70.7 Å². The number of ether oxygens (including phenoxy) is 2. The maximum atomic E-state index is 11.8. The fourth-order valence-electron chi connectivity index (χ4n) is 4.10. The number of aliphatic hydroxyl groups is 1. The minimum atomic E-state index is -0.723. The normalized spacial score (nSPS) is 16.0. The van der Waals surface area contributed by atoms with Crippen molar-refractivity contribution in [3.63, 3.8) is 0 Å². The number of amides is 1. The van der Waals surface area contributed by atoms with Crippen LogP contribution >= 0.6 is 0 Å². The molecular formula is C23H23N5O5. The molecule has 2 aromatic heterocycles. The van der Waals surface area contributed by atoms with E-state index in [-0.39, 0.29) is 18.7 Å². The third kappa shape index (κ3) is 4.06. The van der Waals surface area contributed by atoms with Crippen LogP contribution in [-0.4, -0.2) is 51.6 Å². The Morgan fingerprint density at radius 3 is 2.94 bits per heavy atom. The van der Waals surface area contributed by atoms with Crippen LogP contribution in [0.25, 0.3) is 5.82 Å². The molecule has 1 saturated heterocycles. The Bertz CT molecular complexity index is 1220. The Hall–Kier alpha value is -3.76. The first-order valence-corrected chi connectivity index (χ1v) is 10.6. The van der Waals surface area contributed by atoms with Gasteiger partial charge >= 0.3 is 12.1 Å². The first kappa shape index (κ1) is 21.1. The molecule has 10 heteroatoms. The SMILES string of the molecule is Cc1c([C@@H](O)CNCc2cnn(-c3cc(N4CCOC4=O)ccn3)c2)ccc2c1COC2=O. The van der Waals surface area contributed by atoms with Crippen molar-refractivity contribution < 1.29 is 24.2 Å². The Labute approximate surface area is 189 Å². The number of rotatable bonds is 7. The second kappa shape index (κ2) is 8.64. The van der Waals surface area contributed by atoms with Gasteiger partial charge in [-0.1, -0.05) is 6.07 Å². The molecule has 2 aliphatic heterocycles. The van der Waals surface area contributed by atoms with Crippen molar-refractivity contribution >= 4 is 17.7 Å². The van der Waals surface area contributed by atoms with E-state index in [2.05, 4.69) is 15.4 Å². The molecular weight excluding hydrogens is 426 g/mol. The number of nitrogens with zero attached hydrogens (tertiary/aromatic N) is 4. The van der Waals surface area contributed by atoms with Crippen LogP contribution in [0.3, 0.4) is 0 Å². The number of anilines is 1. The number of cyclic esters (lactones) is 2. The van der Waals surface area contributed by atoms with Crippen molar-refractivity contribution in [1.82, 2.24) is 20.1 Å². The molecule has 0 bridgehead atoms. The molecule has 170 valence electrons. The summed E-state index contributed by atoms with van der Waals surface area (Å²) in [5.41, 5.74) is 4.69. The lowest BCUT2D eigenvalue weighted by Crippen LogP contribution is -2.23. The molecule has 0 spiro atoms. The summed E-state index contributed by atoms with van der Waals surface area (Å²) in [7, 11) is 0. The monoisotopic (exact) mass is 449 g/mol. The van der Waals surface area contributed by atoms with Gasteiger partial charge in [0.1, 0.15) is 13.2 Å². The van der Waals surface area contributed by atoms with Crippen LogP contribution in [0.2, 0.25) is 0 Å². The Balaban J connectivity index is 1.21. The molecule has 0 saturated carbocycles. The number of carbonyl (C=O) groups excluding carboxylic acids is 2. The van der Waals surface area contributed by atoms with Gasteiger partial charge in [-0.15, -0.1) is 0 Å². The highest BCUT2D eigenvalue weighted by molar-refractivity contribution is 5.94. The predicted octanol–water partition coefficient (Wildman–Crippen LogP) is 2.03. The van der Waals surface area contributed by atoms with Crippen LogP contribution in [0.15, 0.2) is 42.9 Å². The summed E-state index contributed by atoms with van der Waals surface area (Å²) < 4.78 is 11.7. The number of hydrogen-bond acceptors (Lipinski definition) is 8. The minimum absolute atomic E-state index is 0.251. The maximum Gasteiger partial charge on any atom is 0.414 e. The number of aliphatic hydroxyl groups excluding tert-OH is 1. The van der Waals surface area contributed by atoms with E-state index in [0.29, 0.717) is 43.3 Å². The molecule has 0 radical (unpaired) electrons. The van der Waals surface area contributed by atoms with Crippen LogP contribution in [0.4, 0.5) is 10.5 Å². The molecule has 4 heterocycles. The molecule has 1 atom stereocenters. The summed E-state index contributed by atoms with van der Waals surface area (Å²) in [5, 5.41) is 18.3. The Kier molecular flexibility index (Phi) is 5.53. The van der Waals surface area contributed by atoms with Gasteiger partial charge in [-0.05, 0) is 30.2 Å². The number of hydrogen-bond donors (Lipinski definition) is 2. The van der Waals surface area contributed by atoms with Crippen LogP contribution in [0.5, 0.6) is 0 Å². The predicted molar refractivity (Wildman–Crippen MR) is 117 cm³/mol. The molecule has 0 unspecified atom stereocenters. The lowest BCUT2D eigenvalue weighted by atomic mass is 9.95. The first-order chi connectivity index (χ1) is 16.0. The first-order valence-electron chi connectivity index (χ1n) is 10.6. The summed E-state index contributed by atoms with van der Waals surface area (Å²) in [6.45, 7) is 3.86. The van der Waals surface area contributed by atoms with Crippen LogP contribution in [0, 0.1) is 6.92 Å². The van der Waals surface area contributed by atoms with Gasteiger partial charge in [0, 0.05) is 42.7 Å². The molecule has 0 aliphatic carbocycles. The van der Waals surface area contributed by atoms with E-state index in [4.69, 9.17) is 9.47 Å².